The van der Waals surface area contributed by atoms with E-state index in [1.54, 1.807) is 22.8 Å². The molecular weight excluding hydrogens is 898 g/mol. The fourth-order valence-electron chi connectivity index (χ4n) is 8.00. The van der Waals surface area contributed by atoms with Crippen molar-refractivity contribution in [3.8, 4) is 0 Å². The van der Waals surface area contributed by atoms with E-state index in [-0.39, 0.29) is 47.5 Å². The standard InChI is InChI=1S/C45H58FN7O13S/c1-21(2)13-31(51-35(55)17-48-41(61)22(3)49-42(62)25-5-9-27(10-6-25)67-45-39(59)38(58)37(57)34(20-54)66-45)43(63)50-23(4)40(60)47-16-24-11-12-52(18-24)33-15-32-28(14-30(33)46)36(56)29(44(64)65)19-53(32)26-7-8-26/h5-6,9-10,14-15,19,21-24,26,31,34,37-39,45,54,57-59H,7-8,11-13,16-18,20H2,1-4H3,(H,47,60)(H,48,61)(H,49,62)(H,50,63)(H,51,55)(H,64,65)/t22-,23-,24-,31-,34+,37-,38-,39+,45-/m0/s1. The number of hydrogen-bond acceptors (Lipinski definition) is 14. The largest absolute Gasteiger partial charge is 0.477 e. The lowest BCUT2D eigenvalue weighted by atomic mass is 10.0. The Morgan fingerprint density at radius 2 is 1.54 bits per heavy atom. The molecule has 0 radical (unpaired) electrons. The van der Waals surface area contributed by atoms with Crippen LogP contribution >= 0.6 is 11.8 Å². The van der Waals surface area contributed by atoms with E-state index in [9.17, 15) is 59.1 Å². The van der Waals surface area contributed by atoms with Crippen LogP contribution in [-0.2, 0) is 23.9 Å². The second-order valence-corrected chi connectivity index (χ2v) is 18.9. The van der Waals surface area contributed by atoms with Crippen molar-refractivity contribution in [2.45, 2.75) is 112 Å². The molecule has 0 spiro atoms. The third-order valence-corrected chi connectivity index (χ3v) is 13.1. The predicted molar refractivity (Wildman–Crippen MR) is 242 cm³/mol. The van der Waals surface area contributed by atoms with Crippen molar-refractivity contribution in [1.29, 1.82) is 0 Å². The average molecular weight is 956 g/mol. The Labute approximate surface area is 389 Å². The second-order valence-electron chi connectivity index (χ2n) is 17.7. The van der Waals surface area contributed by atoms with Crippen LogP contribution in [0.5, 0.6) is 0 Å². The zero-order valence-electron chi connectivity index (χ0n) is 37.4. The van der Waals surface area contributed by atoms with Crippen molar-refractivity contribution in [1.82, 2.24) is 31.2 Å². The van der Waals surface area contributed by atoms with Gasteiger partial charge in [0, 0.05) is 47.7 Å². The predicted octanol–water partition coefficient (Wildman–Crippen LogP) is -0.0215. The van der Waals surface area contributed by atoms with E-state index in [4.69, 9.17) is 4.74 Å². The molecule has 3 fully saturated rings. The van der Waals surface area contributed by atoms with Gasteiger partial charge in [-0.15, -0.1) is 0 Å². The van der Waals surface area contributed by atoms with E-state index in [0.29, 0.717) is 29.9 Å². The molecule has 20 nitrogen and oxygen atoms in total. The van der Waals surface area contributed by atoms with Crippen LogP contribution in [0.1, 0.15) is 80.1 Å². The second kappa shape index (κ2) is 22.0. The van der Waals surface area contributed by atoms with E-state index in [2.05, 4.69) is 26.6 Å². The average Bonchev–Trinajstić information content (AvgIpc) is 4.03. The molecule has 2 aliphatic heterocycles. The number of aliphatic hydroxyl groups is 4. The molecule has 67 heavy (non-hydrogen) atoms. The molecular formula is C45H58FN7O13S. The smallest absolute Gasteiger partial charge is 0.341 e. The number of thioether (sulfide) groups is 1. The number of aliphatic hydroxyl groups excluding tert-OH is 4. The highest BCUT2D eigenvalue weighted by atomic mass is 32.2. The van der Waals surface area contributed by atoms with Gasteiger partial charge in [0.25, 0.3) is 5.91 Å². The van der Waals surface area contributed by atoms with Crippen molar-refractivity contribution in [2.75, 3.05) is 37.7 Å². The highest BCUT2D eigenvalue weighted by molar-refractivity contribution is 7.99. The number of rotatable bonds is 19. The Morgan fingerprint density at radius 1 is 0.866 bits per heavy atom. The monoisotopic (exact) mass is 955 g/mol. The summed E-state index contributed by atoms with van der Waals surface area (Å²) in [6.45, 7) is 6.59. The molecule has 1 saturated carbocycles. The third-order valence-electron chi connectivity index (χ3n) is 12.0. The number of aromatic carboxylic acids is 1. The van der Waals surface area contributed by atoms with Gasteiger partial charge in [-0.3, -0.25) is 28.8 Å². The van der Waals surface area contributed by atoms with Gasteiger partial charge >= 0.3 is 5.97 Å². The van der Waals surface area contributed by atoms with E-state index >= 15 is 4.39 Å². The van der Waals surface area contributed by atoms with Gasteiger partial charge in [-0.1, -0.05) is 25.6 Å². The zero-order chi connectivity index (χ0) is 48.9. The fourth-order valence-corrected chi connectivity index (χ4v) is 9.06. The number of carbonyl (C=O) groups is 6. The maximum atomic E-state index is 15.5. The number of pyridine rings is 1. The number of amides is 5. The quantitative estimate of drug-likeness (QED) is 0.0756. The van der Waals surface area contributed by atoms with Crippen LogP contribution in [0.2, 0.25) is 0 Å². The Bertz CT molecular complexity index is 2400. The van der Waals surface area contributed by atoms with Crippen LogP contribution in [0.15, 0.2) is 52.3 Å². The summed E-state index contributed by atoms with van der Waals surface area (Å²) in [5.41, 5.74) is -1.26. The zero-order valence-corrected chi connectivity index (χ0v) is 38.3. The molecule has 2 aromatic carbocycles. The number of halogens is 1. The van der Waals surface area contributed by atoms with Crippen molar-refractivity contribution in [3.05, 3.63) is 69.8 Å². The van der Waals surface area contributed by atoms with Crippen molar-refractivity contribution in [2.24, 2.45) is 11.8 Å². The number of aromatic nitrogens is 1. The summed E-state index contributed by atoms with van der Waals surface area (Å²) in [5, 5.41) is 62.4. The summed E-state index contributed by atoms with van der Waals surface area (Å²) in [6, 6.07) is 5.61. The highest BCUT2D eigenvalue weighted by Gasteiger charge is 2.44. The van der Waals surface area contributed by atoms with Gasteiger partial charge in [-0.2, -0.15) is 0 Å². The Kier molecular flexibility index (Phi) is 16.6. The number of hydrogen-bond donors (Lipinski definition) is 10. The minimum absolute atomic E-state index is 0.00103. The number of carboxylic acid groups (broad SMARTS) is 1. The fraction of sp³-hybridized carbons (Fsp3) is 0.533. The van der Waals surface area contributed by atoms with Gasteiger partial charge in [-0.25, -0.2) is 9.18 Å². The van der Waals surface area contributed by atoms with Crippen molar-refractivity contribution in [3.63, 3.8) is 0 Å². The van der Waals surface area contributed by atoms with Crippen molar-refractivity contribution >= 4 is 63.9 Å². The molecule has 1 aliphatic carbocycles. The van der Waals surface area contributed by atoms with E-state index in [1.165, 1.54) is 32.2 Å². The molecule has 9 atom stereocenters. The van der Waals surface area contributed by atoms with Crippen LogP contribution in [0.25, 0.3) is 10.9 Å². The minimum atomic E-state index is -1.54. The summed E-state index contributed by atoms with van der Waals surface area (Å²) >= 11 is 1.01. The summed E-state index contributed by atoms with van der Waals surface area (Å²) in [7, 11) is 0. The Balaban J connectivity index is 0.939. The number of nitrogens with zero attached hydrogens (tertiary/aromatic N) is 2. The topological polar surface area (TPSA) is 298 Å². The van der Waals surface area contributed by atoms with Gasteiger partial charge in [-0.05, 0) is 87.8 Å². The molecule has 10 N–H and O–H groups in total. The number of nitrogens with one attached hydrogen (secondary N) is 5. The van der Waals surface area contributed by atoms with Crippen LogP contribution in [0.3, 0.4) is 0 Å². The third kappa shape index (κ3) is 12.5. The first-order chi connectivity index (χ1) is 31.8. The first-order valence-electron chi connectivity index (χ1n) is 22.2. The summed E-state index contributed by atoms with van der Waals surface area (Å²) in [6.07, 6.45) is -1.77. The molecule has 0 unspecified atom stereocenters. The van der Waals surface area contributed by atoms with E-state index in [0.717, 1.165) is 30.7 Å². The number of carbonyl (C=O) groups excluding carboxylic acids is 5. The summed E-state index contributed by atoms with van der Waals surface area (Å²) < 4.78 is 22.7. The van der Waals surface area contributed by atoms with Crippen LogP contribution < -0.4 is 36.9 Å². The molecule has 3 aromatic rings. The molecule has 3 heterocycles. The molecule has 364 valence electrons. The molecule has 2 saturated heterocycles. The van der Waals surface area contributed by atoms with Crippen LogP contribution in [0, 0.1) is 17.7 Å². The first kappa shape index (κ1) is 50.8. The SMILES string of the molecule is CC(C)C[C@H](NC(=O)CNC(=O)[C@H](C)NC(=O)c1ccc(S[C@@H]2O[C@H](CO)[C@H](O)[C@H](O)[C@H]2O)cc1)C(=O)N[C@@H](C)C(=O)NC[C@@H]1CCN(c2cc3c(cc2F)c(=O)c(C(=O)O)cn3C2CC2)C1. The van der Waals surface area contributed by atoms with Gasteiger partial charge in [0.15, 0.2) is 0 Å². The van der Waals surface area contributed by atoms with Gasteiger partial charge in [0.1, 0.15) is 59.4 Å². The lowest BCUT2D eigenvalue weighted by Gasteiger charge is -2.39. The van der Waals surface area contributed by atoms with Gasteiger partial charge < -0.3 is 66.3 Å². The van der Waals surface area contributed by atoms with Gasteiger partial charge in [0.2, 0.25) is 29.1 Å². The lowest BCUT2D eigenvalue weighted by molar-refractivity contribution is -0.205. The normalized spacial score (nSPS) is 23.0. The lowest BCUT2D eigenvalue weighted by Crippen LogP contribution is -2.57. The van der Waals surface area contributed by atoms with E-state index < -0.39 is 113 Å². The molecule has 22 heteroatoms. The number of ether oxygens (including phenoxy) is 1. The maximum Gasteiger partial charge on any atom is 0.341 e. The minimum Gasteiger partial charge on any atom is -0.477 e. The van der Waals surface area contributed by atoms with Crippen LogP contribution in [0.4, 0.5) is 10.1 Å². The summed E-state index contributed by atoms with van der Waals surface area (Å²) in [4.78, 5) is 92.2. The molecule has 3 aliphatic rings. The maximum absolute atomic E-state index is 15.5. The van der Waals surface area contributed by atoms with E-state index in [1.807, 2.05) is 18.7 Å². The molecule has 6 rings (SSSR count). The molecule has 1 aromatic heterocycles. The van der Waals surface area contributed by atoms with Crippen molar-refractivity contribution < 1.29 is 63.4 Å². The highest BCUT2D eigenvalue weighted by Crippen LogP contribution is 2.39. The number of fused-ring (bicyclic) bond motifs is 1. The number of carboxylic acids is 1. The molecule has 5 amide bonds. The summed E-state index contributed by atoms with van der Waals surface area (Å²) in [5.74, 6) is -5.23. The first-order valence-corrected chi connectivity index (χ1v) is 23.0. The number of benzene rings is 2. The number of anilines is 1. The van der Waals surface area contributed by atoms with Crippen LogP contribution in [-0.4, -0.2) is 146 Å². The van der Waals surface area contributed by atoms with Gasteiger partial charge in [0.05, 0.1) is 24.4 Å². The molecule has 0 bridgehead atoms. The Hall–Kier alpha value is -5.65. The Morgan fingerprint density at radius 3 is 2.18 bits per heavy atom.